The molecule has 52 heavy (non-hydrogen) atoms. The van der Waals surface area contributed by atoms with Gasteiger partial charge in [-0.25, -0.2) is 13.8 Å². The molecular weight excluding hydrogens is 679 g/mol. The Morgan fingerprint density at radius 1 is 0.962 bits per heavy atom. The number of rotatable bonds is 8. The van der Waals surface area contributed by atoms with Crippen molar-refractivity contribution in [1.82, 2.24) is 25.2 Å². The van der Waals surface area contributed by atoms with Crippen molar-refractivity contribution in [3.8, 4) is 35.4 Å². The molecular formula is C39H49F5N6O2. The Kier molecular flexibility index (Phi) is 14.4. The number of anilines is 1. The van der Waals surface area contributed by atoms with Crippen molar-refractivity contribution in [2.24, 2.45) is 5.41 Å². The number of phenols is 1. The van der Waals surface area contributed by atoms with E-state index in [1.54, 1.807) is 0 Å². The fraction of sp³-hybridized carbons (Fsp3) is 0.513. The number of pyridine rings is 1. The summed E-state index contributed by atoms with van der Waals surface area (Å²) >= 11 is 0. The van der Waals surface area contributed by atoms with E-state index in [1.807, 2.05) is 34.6 Å². The summed E-state index contributed by atoms with van der Waals surface area (Å²) in [6, 6.07) is 5.75. The van der Waals surface area contributed by atoms with Gasteiger partial charge in [0.15, 0.2) is 5.82 Å². The van der Waals surface area contributed by atoms with Gasteiger partial charge in [0.1, 0.15) is 28.6 Å². The van der Waals surface area contributed by atoms with E-state index in [2.05, 4.69) is 26.0 Å². The molecule has 13 heteroatoms. The van der Waals surface area contributed by atoms with Crippen LogP contribution in [0.4, 0.5) is 27.8 Å². The normalized spacial score (nSPS) is 16.3. The molecule has 4 aromatic rings. The first-order chi connectivity index (χ1) is 25.1. The highest BCUT2D eigenvalue weighted by Gasteiger charge is 2.45. The Morgan fingerprint density at radius 2 is 1.62 bits per heavy atom. The lowest BCUT2D eigenvalue weighted by atomic mass is 9.95. The Bertz CT molecular complexity index is 1850. The zero-order valence-corrected chi connectivity index (χ0v) is 30.6. The van der Waals surface area contributed by atoms with Crippen molar-refractivity contribution < 1.29 is 31.8 Å². The molecule has 2 saturated heterocycles. The highest BCUT2D eigenvalue weighted by molar-refractivity contribution is 6.03. The SMILES string of the molecule is C#Cc1c(F)ccc2cc(O)cc(-c3nc(CC)c4c(N5CCNCC5)nc(OCC5(CN6CCCC6)CC5)nc4c3F)c12.CC.CC.FC(F)F. The largest absolute Gasteiger partial charge is 0.508 e. The predicted octanol–water partition coefficient (Wildman–Crippen LogP) is 8.27. The molecule has 1 saturated carbocycles. The number of aromatic nitrogens is 3. The van der Waals surface area contributed by atoms with E-state index in [4.69, 9.17) is 21.1 Å². The number of hydrogen-bond acceptors (Lipinski definition) is 8. The topological polar surface area (TPSA) is 86.6 Å². The zero-order valence-electron chi connectivity index (χ0n) is 30.6. The van der Waals surface area contributed by atoms with Crippen LogP contribution in [0.3, 0.4) is 0 Å². The van der Waals surface area contributed by atoms with Crippen LogP contribution < -0.4 is 15.0 Å². The summed E-state index contributed by atoms with van der Waals surface area (Å²) in [7, 11) is 0. The molecule has 3 aliphatic rings. The van der Waals surface area contributed by atoms with Gasteiger partial charge in [0.25, 0.3) is 0 Å². The number of hydrogen-bond donors (Lipinski definition) is 2. The average molecular weight is 729 g/mol. The van der Waals surface area contributed by atoms with Crippen molar-refractivity contribution in [3.63, 3.8) is 0 Å². The van der Waals surface area contributed by atoms with Crippen LogP contribution in [0, 0.1) is 29.4 Å². The second-order valence-corrected chi connectivity index (χ2v) is 12.5. The molecule has 0 bridgehead atoms. The molecule has 2 N–H and O–H groups in total. The van der Waals surface area contributed by atoms with Gasteiger partial charge in [-0.3, -0.25) is 0 Å². The molecule has 0 amide bonds. The summed E-state index contributed by atoms with van der Waals surface area (Å²) in [5.74, 6) is 1.60. The van der Waals surface area contributed by atoms with Crippen LogP contribution in [0.5, 0.6) is 11.8 Å². The predicted molar refractivity (Wildman–Crippen MR) is 197 cm³/mol. The number of terminal acetylenes is 1. The van der Waals surface area contributed by atoms with Crippen LogP contribution in [0.2, 0.25) is 0 Å². The third kappa shape index (κ3) is 9.19. The Labute approximate surface area is 302 Å². The summed E-state index contributed by atoms with van der Waals surface area (Å²) in [5.41, 5.74) is 0.891. The van der Waals surface area contributed by atoms with Crippen LogP contribution in [0.15, 0.2) is 24.3 Å². The number of alkyl halides is 3. The summed E-state index contributed by atoms with van der Waals surface area (Å²) in [5, 5.41) is 15.3. The third-order valence-electron chi connectivity index (χ3n) is 9.25. The first-order valence-electron chi connectivity index (χ1n) is 18.2. The van der Waals surface area contributed by atoms with Gasteiger partial charge in [0.05, 0.1) is 23.3 Å². The maximum Gasteiger partial charge on any atom is 0.379 e. The van der Waals surface area contributed by atoms with E-state index >= 15 is 4.39 Å². The summed E-state index contributed by atoms with van der Waals surface area (Å²) in [6.07, 6.45) is 10.8. The van der Waals surface area contributed by atoms with Gasteiger partial charge in [-0.2, -0.15) is 23.1 Å². The van der Waals surface area contributed by atoms with Crippen LogP contribution in [-0.4, -0.2) is 84.1 Å². The van der Waals surface area contributed by atoms with E-state index in [1.165, 1.54) is 37.1 Å². The number of benzene rings is 2. The van der Waals surface area contributed by atoms with Gasteiger partial charge < -0.3 is 25.0 Å². The number of nitrogens with zero attached hydrogens (tertiary/aromatic N) is 5. The Hall–Kier alpha value is -4.28. The second-order valence-electron chi connectivity index (χ2n) is 12.5. The van der Waals surface area contributed by atoms with Crippen molar-refractivity contribution in [1.29, 1.82) is 0 Å². The number of nitrogens with one attached hydrogen (secondary N) is 1. The molecule has 2 aromatic carbocycles. The van der Waals surface area contributed by atoms with Crippen LogP contribution in [-0.2, 0) is 6.42 Å². The molecule has 1 aliphatic carbocycles. The van der Waals surface area contributed by atoms with E-state index in [9.17, 15) is 22.7 Å². The third-order valence-corrected chi connectivity index (χ3v) is 9.25. The van der Waals surface area contributed by atoms with Crippen molar-refractivity contribution in [2.45, 2.75) is 73.4 Å². The molecule has 0 unspecified atom stereocenters. The molecule has 3 fully saturated rings. The molecule has 0 spiro atoms. The summed E-state index contributed by atoms with van der Waals surface area (Å²) in [6.45, 7) is 12.9. The van der Waals surface area contributed by atoms with Crippen molar-refractivity contribution >= 4 is 27.5 Å². The van der Waals surface area contributed by atoms with E-state index in [0.717, 1.165) is 45.6 Å². The fourth-order valence-electron chi connectivity index (χ4n) is 6.72. The molecule has 282 valence electrons. The van der Waals surface area contributed by atoms with Gasteiger partial charge >= 0.3 is 12.7 Å². The quantitative estimate of drug-likeness (QED) is 0.139. The maximum absolute atomic E-state index is 16.9. The molecule has 2 aliphatic heterocycles. The van der Waals surface area contributed by atoms with Crippen molar-refractivity contribution in [2.75, 3.05) is 57.3 Å². The minimum Gasteiger partial charge on any atom is -0.508 e. The lowest BCUT2D eigenvalue weighted by Gasteiger charge is -2.30. The number of ether oxygens (including phenoxy) is 1. The molecule has 4 heterocycles. The summed E-state index contributed by atoms with van der Waals surface area (Å²) < 4.78 is 67.1. The molecule has 2 aromatic heterocycles. The molecule has 8 nitrogen and oxygen atoms in total. The number of piperazine rings is 1. The van der Waals surface area contributed by atoms with Crippen molar-refractivity contribution in [3.05, 3.63) is 47.2 Å². The maximum atomic E-state index is 16.9. The summed E-state index contributed by atoms with van der Waals surface area (Å²) in [4.78, 5) is 18.9. The van der Waals surface area contributed by atoms with Gasteiger partial charge in [-0.05, 0) is 68.8 Å². The van der Waals surface area contributed by atoms with E-state index in [-0.39, 0.29) is 39.5 Å². The average Bonchev–Trinajstić information content (AvgIpc) is 3.73. The van der Waals surface area contributed by atoms with Crippen LogP contribution >= 0.6 is 0 Å². The highest BCUT2D eigenvalue weighted by atomic mass is 19.4. The van der Waals surface area contributed by atoms with E-state index < -0.39 is 18.3 Å². The van der Waals surface area contributed by atoms with Gasteiger partial charge in [0, 0.05) is 49.1 Å². The minimum absolute atomic E-state index is 0.0159. The standard InChI is InChI=1S/C34H36F2N6O2.2C2H6.CHF3/c1-3-23-25(35)8-7-21-17-22(43)18-24(27(21)23)30-29(36)31-28(26(4-2)38-30)32(42-15-11-37-12-16-42)40-33(39-31)44-20-34(9-10-34)19-41-13-5-6-14-41;2*1-2;2-1(3)4/h1,7-8,17-18,37,43H,4-6,9-16,19-20H2,2H3;2*1-2H3;1H. The van der Waals surface area contributed by atoms with Gasteiger partial charge in [-0.15, -0.1) is 6.42 Å². The first-order valence-corrected chi connectivity index (χ1v) is 18.2. The fourth-order valence-corrected chi connectivity index (χ4v) is 6.72. The second kappa shape index (κ2) is 18.5. The number of phenolic OH excluding ortho intramolecular Hbond substituents is 1. The number of fused-ring (bicyclic) bond motifs is 2. The Morgan fingerprint density at radius 3 is 2.21 bits per heavy atom. The monoisotopic (exact) mass is 728 g/mol. The number of aromatic hydroxyl groups is 1. The zero-order chi connectivity index (χ0) is 38.0. The number of halogens is 5. The smallest absolute Gasteiger partial charge is 0.379 e. The number of likely N-dealkylation sites (tertiary alicyclic amines) is 1. The minimum atomic E-state index is -3.67. The van der Waals surface area contributed by atoms with Gasteiger partial charge in [-0.1, -0.05) is 46.6 Å². The van der Waals surface area contributed by atoms with Gasteiger partial charge in [0.2, 0.25) is 0 Å². The van der Waals surface area contributed by atoms with Crippen LogP contribution in [0.25, 0.3) is 32.9 Å². The van der Waals surface area contributed by atoms with E-state index in [0.29, 0.717) is 53.8 Å². The lowest BCUT2D eigenvalue weighted by molar-refractivity contribution is 0.00818. The molecule has 0 atom stereocenters. The number of aryl methyl sites for hydroxylation is 1. The first kappa shape index (κ1) is 40.5. The highest BCUT2D eigenvalue weighted by Crippen LogP contribution is 2.47. The molecule has 7 rings (SSSR count). The Balaban J connectivity index is 0.000000699. The van der Waals surface area contributed by atoms with Crippen LogP contribution in [0.1, 0.15) is 71.6 Å². The molecule has 0 radical (unpaired) electrons. The lowest BCUT2D eigenvalue weighted by Crippen LogP contribution is -2.44.